The third-order valence-electron chi connectivity index (χ3n) is 4.10. The SMILES string of the molecule is CCCCCOc1c(OC)cc(C=O)cc1Oc1ccc(C)c(C)c1. The lowest BCUT2D eigenvalue weighted by Gasteiger charge is -2.17. The Kier molecular flexibility index (Phi) is 6.87. The first-order valence-electron chi connectivity index (χ1n) is 8.64. The number of carbonyl (C=O) groups is 1. The van der Waals surface area contributed by atoms with Crippen molar-refractivity contribution < 1.29 is 19.0 Å². The molecule has 0 bridgehead atoms. The van der Waals surface area contributed by atoms with Gasteiger partial charge in [0.05, 0.1) is 13.7 Å². The third kappa shape index (κ3) is 4.99. The highest BCUT2D eigenvalue weighted by atomic mass is 16.5. The van der Waals surface area contributed by atoms with E-state index in [9.17, 15) is 4.79 Å². The summed E-state index contributed by atoms with van der Waals surface area (Å²) in [6.07, 6.45) is 3.95. The molecule has 4 heteroatoms. The number of ether oxygens (including phenoxy) is 3. The highest BCUT2D eigenvalue weighted by Crippen LogP contribution is 2.41. The molecule has 0 amide bonds. The molecule has 0 saturated heterocycles. The number of carbonyl (C=O) groups excluding carboxylic acids is 1. The van der Waals surface area contributed by atoms with Crippen LogP contribution in [0.15, 0.2) is 30.3 Å². The Morgan fingerprint density at radius 3 is 2.40 bits per heavy atom. The Morgan fingerprint density at radius 1 is 1.00 bits per heavy atom. The summed E-state index contributed by atoms with van der Waals surface area (Å²) in [5, 5.41) is 0. The fraction of sp³-hybridized carbons (Fsp3) is 0.381. The first-order valence-corrected chi connectivity index (χ1v) is 8.64. The molecule has 0 heterocycles. The number of hydrogen-bond acceptors (Lipinski definition) is 4. The van der Waals surface area contributed by atoms with E-state index in [4.69, 9.17) is 14.2 Å². The molecular formula is C21H26O4. The first kappa shape index (κ1) is 18.8. The summed E-state index contributed by atoms with van der Waals surface area (Å²) < 4.78 is 17.3. The maximum atomic E-state index is 11.2. The van der Waals surface area contributed by atoms with Gasteiger partial charge in [-0.25, -0.2) is 0 Å². The van der Waals surface area contributed by atoms with Crippen LogP contribution in [0.2, 0.25) is 0 Å². The van der Waals surface area contributed by atoms with E-state index >= 15 is 0 Å². The van der Waals surface area contributed by atoms with Gasteiger partial charge in [-0.2, -0.15) is 0 Å². The van der Waals surface area contributed by atoms with Gasteiger partial charge in [-0.1, -0.05) is 25.8 Å². The second kappa shape index (κ2) is 9.11. The summed E-state index contributed by atoms with van der Waals surface area (Å²) >= 11 is 0. The van der Waals surface area contributed by atoms with Crippen molar-refractivity contribution in [3.8, 4) is 23.0 Å². The van der Waals surface area contributed by atoms with Gasteiger partial charge in [0.2, 0.25) is 5.75 Å². The Morgan fingerprint density at radius 2 is 1.76 bits per heavy atom. The summed E-state index contributed by atoms with van der Waals surface area (Å²) in [5.41, 5.74) is 2.82. The number of aldehydes is 1. The summed E-state index contributed by atoms with van der Waals surface area (Å²) in [7, 11) is 1.56. The molecule has 0 aromatic heterocycles. The zero-order valence-corrected chi connectivity index (χ0v) is 15.4. The number of rotatable bonds is 9. The molecular weight excluding hydrogens is 316 g/mol. The maximum absolute atomic E-state index is 11.2. The van der Waals surface area contributed by atoms with Gasteiger partial charge in [-0.3, -0.25) is 4.79 Å². The monoisotopic (exact) mass is 342 g/mol. The molecule has 0 N–H and O–H groups in total. The van der Waals surface area contributed by atoms with Crippen molar-refractivity contribution in [2.75, 3.05) is 13.7 Å². The minimum atomic E-state index is 0.483. The Bertz CT molecular complexity index is 722. The van der Waals surface area contributed by atoms with E-state index in [1.807, 2.05) is 25.1 Å². The van der Waals surface area contributed by atoms with Gasteiger partial charge in [-0.15, -0.1) is 0 Å². The number of benzene rings is 2. The average Bonchev–Trinajstić information content (AvgIpc) is 2.62. The van der Waals surface area contributed by atoms with Gasteiger partial charge >= 0.3 is 0 Å². The van der Waals surface area contributed by atoms with Crippen molar-refractivity contribution in [1.29, 1.82) is 0 Å². The molecule has 0 spiro atoms. The van der Waals surface area contributed by atoms with Crippen molar-refractivity contribution >= 4 is 6.29 Å². The van der Waals surface area contributed by atoms with Gasteiger partial charge < -0.3 is 14.2 Å². The van der Waals surface area contributed by atoms with E-state index < -0.39 is 0 Å². The van der Waals surface area contributed by atoms with Gasteiger partial charge in [0.1, 0.15) is 12.0 Å². The second-order valence-corrected chi connectivity index (χ2v) is 6.07. The van der Waals surface area contributed by atoms with Crippen molar-refractivity contribution in [3.05, 3.63) is 47.0 Å². The Balaban J connectivity index is 2.34. The summed E-state index contributed by atoms with van der Waals surface area (Å²) in [4.78, 5) is 11.2. The highest BCUT2D eigenvalue weighted by molar-refractivity contribution is 5.78. The summed E-state index contributed by atoms with van der Waals surface area (Å²) in [6.45, 7) is 6.81. The highest BCUT2D eigenvalue weighted by Gasteiger charge is 2.16. The van der Waals surface area contributed by atoms with Gasteiger partial charge in [-0.05, 0) is 55.7 Å². The molecule has 4 nitrogen and oxygen atoms in total. The van der Waals surface area contributed by atoms with Crippen LogP contribution in [0.25, 0.3) is 0 Å². The topological polar surface area (TPSA) is 44.8 Å². The molecule has 0 aliphatic heterocycles. The molecule has 25 heavy (non-hydrogen) atoms. The minimum absolute atomic E-state index is 0.483. The number of methoxy groups -OCH3 is 1. The lowest BCUT2D eigenvalue weighted by molar-refractivity contribution is 0.112. The molecule has 0 unspecified atom stereocenters. The third-order valence-corrected chi connectivity index (χ3v) is 4.10. The van der Waals surface area contributed by atoms with Crippen molar-refractivity contribution in [1.82, 2.24) is 0 Å². The van der Waals surface area contributed by atoms with E-state index in [2.05, 4.69) is 13.8 Å². The minimum Gasteiger partial charge on any atom is -0.493 e. The molecule has 0 atom stereocenters. The molecule has 0 aliphatic carbocycles. The second-order valence-electron chi connectivity index (χ2n) is 6.07. The van der Waals surface area contributed by atoms with Crippen LogP contribution >= 0.6 is 0 Å². The van der Waals surface area contributed by atoms with Crippen LogP contribution in [0.4, 0.5) is 0 Å². The van der Waals surface area contributed by atoms with Crippen molar-refractivity contribution in [2.24, 2.45) is 0 Å². The van der Waals surface area contributed by atoms with E-state index in [1.54, 1.807) is 19.2 Å². The molecule has 2 aromatic carbocycles. The van der Waals surface area contributed by atoms with Crippen molar-refractivity contribution in [3.63, 3.8) is 0 Å². The van der Waals surface area contributed by atoms with Crippen LogP contribution in [-0.4, -0.2) is 20.0 Å². The predicted molar refractivity (Wildman–Crippen MR) is 99.4 cm³/mol. The Hall–Kier alpha value is -2.49. The van der Waals surface area contributed by atoms with Gasteiger partial charge in [0.25, 0.3) is 0 Å². The number of aryl methyl sites for hydroxylation is 2. The first-order chi connectivity index (χ1) is 12.1. The molecule has 134 valence electrons. The zero-order chi connectivity index (χ0) is 18.2. The largest absolute Gasteiger partial charge is 0.493 e. The lowest BCUT2D eigenvalue weighted by Crippen LogP contribution is -2.02. The molecule has 0 radical (unpaired) electrons. The standard InChI is InChI=1S/C21H26O4/c1-5-6-7-10-24-21-19(23-4)12-17(14-22)13-20(21)25-18-9-8-15(2)16(3)11-18/h8-9,11-14H,5-7,10H2,1-4H3. The summed E-state index contributed by atoms with van der Waals surface area (Å²) in [5.74, 6) is 2.22. The number of unbranched alkanes of at least 4 members (excludes halogenated alkanes) is 2. The van der Waals surface area contributed by atoms with Crippen LogP contribution in [0.5, 0.6) is 23.0 Å². The predicted octanol–water partition coefficient (Wildman–Crippen LogP) is 5.49. The van der Waals surface area contributed by atoms with Crippen LogP contribution in [0, 0.1) is 13.8 Å². The average molecular weight is 342 g/mol. The fourth-order valence-corrected chi connectivity index (χ4v) is 2.47. The van der Waals surface area contributed by atoms with E-state index in [0.29, 0.717) is 35.2 Å². The fourth-order valence-electron chi connectivity index (χ4n) is 2.47. The number of hydrogen-bond donors (Lipinski definition) is 0. The van der Waals surface area contributed by atoms with Gasteiger partial charge in [0, 0.05) is 5.56 Å². The Labute approximate surface area is 149 Å². The normalized spacial score (nSPS) is 10.4. The quantitative estimate of drug-likeness (QED) is 0.447. The lowest BCUT2D eigenvalue weighted by atomic mass is 10.1. The van der Waals surface area contributed by atoms with Crippen molar-refractivity contribution in [2.45, 2.75) is 40.0 Å². The molecule has 2 aromatic rings. The zero-order valence-electron chi connectivity index (χ0n) is 15.4. The van der Waals surface area contributed by atoms with Crippen LogP contribution in [-0.2, 0) is 0 Å². The maximum Gasteiger partial charge on any atom is 0.204 e. The molecule has 0 aliphatic rings. The molecule has 2 rings (SSSR count). The smallest absolute Gasteiger partial charge is 0.204 e. The van der Waals surface area contributed by atoms with E-state index in [1.165, 1.54) is 5.56 Å². The van der Waals surface area contributed by atoms with Gasteiger partial charge in [0.15, 0.2) is 11.5 Å². The van der Waals surface area contributed by atoms with Crippen LogP contribution in [0.3, 0.4) is 0 Å². The molecule has 0 saturated carbocycles. The molecule has 0 fully saturated rings. The van der Waals surface area contributed by atoms with Crippen LogP contribution in [0.1, 0.15) is 47.7 Å². The summed E-state index contributed by atoms with van der Waals surface area (Å²) in [6, 6.07) is 9.22. The van der Waals surface area contributed by atoms with E-state index in [-0.39, 0.29) is 0 Å². The van der Waals surface area contributed by atoms with E-state index in [0.717, 1.165) is 31.1 Å². The van der Waals surface area contributed by atoms with Crippen LogP contribution < -0.4 is 14.2 Å².